The first-order valence-electron chi connectivity index (χ1n) is 4.19. The number of hydrogen-bond acceptors (Lipinski definition) is 4. The highest BCUT2D eigenvalue weighted by molar-refractivity contribution is 5.25. The summed E-state index contributed by atoms with van der Waals surface area (Å²) < 4.78 is 6.62. The van der Waals surface area contributed by atoms with Gasteiger partial charge in [0.25, 0.3) is 0 Å². The number of methoxy groups -OCH3 is 1. The number of nitrogens with zero attached hydrogens (tertiary/aromatic N) is 4. The van der Waals surface area contributed by atoms with E-state index in [2.05, 4.69) is 15.1 Å². The molecule has 0 aliphatic heterocycles. The quantitative estimate of drug-likeness (QED) is 0.708. The van der Waals surface area contributed by atoms with E-state index in [0.717, 1.165) is 5.82 Å². The molecule has 2 rings (SSSR count). The minimum Gasteiger partial charge on any atom is -0.481 e. The van der Waals surface area contributed by atoms with Gasteiger partial charge in [0.15, 0.2) is 5.82 Å². The molecule has 14 heavy (non-hydrogen) atoms. The zero-order valence-corrected chi connectivity index (χ0v) is 8.01. The standard InChI is InChI=1S/C9H10N4O/c1-7-10-6-13(12-7)8-4-3-5-9(11-8)14-2/h3-6H,1-2H3. The van der Waals surface area contributed by atoms with Crippen molar-refractivity contribution in [3.05, 3.63) is 30.4 Å². The molecular weight excluding hydrogens is 180 g/mol. The van der Waals surface area contributed by atoms with E-state index < -0.39 is 0 Å². The minimum absolute atomic E-state index is 0.565. The number of pyridine rings is 1. The molecule has 2 aromatic heterocycles. The van der Waals surface area contributed by atoms with Gasteiger partial charge in [0.2, 0.25) is 5.88 Å². The van der Waals surface area contributed by atoms with Gasteiger partial charge in [-0.05, 0) is 13.0 Å². The third kappa shape index (κ3) is 1.56. The van der Waals surface area contributed by atoms with E-state index >= 15 is 0 Å². The Morgan fingerprint density at radius 1 is 1.36 bits per heavy atom. The third-order valence-corrected chi connectivity index (χ3v) is 1.76. The molecule has 0 bridgehead atoms. The second kappa shape index (κ2) is 3.45. The zero-order valence-electron chi connectivity index (χ0n) is 8.01. The molecular formula is C9H10N4O. The van der Waals surface area contributed by atoms with E-state index in [9.17, 15) is 0 Å². The first-order chi connectivity index (χ1) is 6.79. The number of aromatic nitrogens is 4. The van der Waals surface area contributed by atoms with Crippen LogP contribution in [0.3, 0.4) is 0 Å². The average molecular weight is 190 g/mol. The van der Waals surface area contributed by atoms with Crippen LogP contribution >= 0.6 is 0 Å². The van der Waals surface area contributed by atoms with Gasteiger partial charge in [-0.25, -0.2) is 9.67 Å². The van der Waals surface area contributed by atoms with Crippen LogP contribution in [0.15, 0.2) is 24.5 Å². The minimum atomic E-state index is 0.565. The van der Waals surface area contributed by atoms with Crippen LogP contribution in [-0.4, -0.2) is 26.9 Å². The van der Waals surface area contributed by atoms with Crippen molar-refractivity contribution >= 4 is 0 Å². The van der Waals surface area contributed by atoms with E-state index in [1.54, 1.807) is 24.2 Å². The highest BCUT2D eigenvalue weighted by Crippen LogP contribution is 2.09. The molecule has 72 valence electrons. The molecule has 0 radical (unpaired) electrons. The first kappa shape index (κ1) is 8.68. The van der Waals surface area contributed by atoms with Crippen molar-refractivity contribution in [3.63, 3.8) is 0 Å². The molecule has 5 heteroatoms. The first-order valence-corrected chi connectivity index (χ1v) is 4.19. The fourth-order valence-corrected chi connectivity index (χ4v) is 1.10. The SMILES string of the molecule is COc1cccc(-n2cnc(C)n2)n1. The normalized spacial score (nSPS) is 10.1. The molecule has 0 fully saturated rings. The van der Waals surface area contributed by atoms with Gasteiger partial charge in [-0.3, -0.25) is 0 Å². The average Bonchev–Trinajstić information content (AvgIpc) is 2.65. The summed E-state index contributed by atoms with van der Waals surface area (Å²) in [6, 6.07) is 5.49. The Kier molecular flexibility index (Phi) is 2.14. The van der Waals surface area contributed by atoms with Gasteiger partial charge in [0, 0.05) is 6.07 Å². The lowest BCUT2D eigenvalue weighted by atomic mass is 10.4. The van der Waals surface area contributed by atoms with Crippen LogP contribution in [0.5, 0.6) is 5.88 Å². The molecule has 0 aliphatic carbocycles. The fraction of sp³-hybridized carbons (Fsp3) is 0.222. The summed E-state index contributed by atoms with van der Waals surface area (Å²) in [5.74, 6) is 1.98. The lowest BCUT2D eigenvalue weighted by molar-refractivity contribution is 0.397. The summed E-state index contributed by atoms with van der Waals surface area (Å²) in [6.45, 7) is 1.83. The molecule has 0 spiro atoms. The van der Waals surface area contributed by atoms with Crippen molar-refractivity contribution < 1.29 is 4.74 Å². The molecule has 0 saturated heterocycles. The molecule has 0 atom stereocenters. The van der Waals surface area contributed by atoms with E-state index in [0.29, 0.717) is 11.7 Å². The molecule has 2 heterocycles. The molecule has 0 N–H and O–H groups in total. The number of rotatable bonds is 2. The summed E-state index contributed by atoms with van der Waals surface area (Å²) in [5, 5.41) is 4.14. The zero-order chi connectivity index (χ0) is 9.97. The van der Waals surface area contributed by atoms with E-state index in [1.807, 2.05) is 19.1 Å². The smallest absolute Gasteiger partial charge is 0.214 e. The van der Waals surface area contributed by atoms with Crippen molar-refractivity contribution in [2.24, 2.45) is 0 Å². The van der Waals surface area contributed by atoms with Crippen molar-refractivity contribution in [2.75, 3.05) is 7.11 Å². The predicted molar refractivity (Wildman–Crippen MR) is 50.4 cm³/mol. The van der Waals surface area contributed by atoms with Crippen molar-refractivity contribution in [3.8, 4) is 11.7 Å². The predicted octanol–water partition coefficient (Wildman–Crippen LogP) is 0.979. The van der Waals surface area contributed by atoms with Crippen molar-refractivity contribution in [2.45, 2.75) is 6.92 Å². The van der Waals surface area contributed by atoms with Gasteiger partial charge >= 0.3 is 0 Å². The molecule has 0 aromatic carbocycles. The van der Waals surface area contributed by atoms with Crippen LogP contribution in [0.4, 0.5) is 0 Å². The summed E-state index contributed by atoms with van der Waals surface area (Å²) in [4.78, 5) is 8.23. The molecule has 0 unspecified atom stereocenters. The lowest BCUT2D eigenvalue weighted by Crippen LogP contribution is -1.99. The third-order valence-electron chi connectivity index (χ3n) is 1.76. The van der Waals surface area contributed by atoms with Crippen LogP contribution < -0.4 is 4.74 Å². The molecule has 0 aliphatic rings. The molecule has 0 saturated carbocycles. The highest BCUT2D eigenvalue weighted by Gasteiger charge is 2.01. The van der Waals surface area contributed by atoms with E-state index in [4.69, 9.17) is 4.74 Å². The Balaban J connectivity index is 2.41. The molecule has 0 amide bonds. The topological polar surface area (TPSA) is 52.8 Å². The van der Waals surface area contributed by atoms with Crippen LogP contribution in [0.2, 0.25) is 0 Å². The van der Waals surface area contributed by atoms with Crippen molar-refractivity contribution in [1.82, 2.24) is 19.7 Å². The summed E-state index contributed by atoms with van der Waals surface area (Å²) in [7, 11) is 1.58. The lowest BCUT2D eigenvalue weighted by Gasteiger charge is -2.01. The largest absolute Gasteiger partial charge is 0.481 e. The number of aryl methyl sites for hydroxylation is 1. The maximum absolute atomic E-state index is 5.01. The Morgan fingerprint density at radius 2 is 2.21 bits per heavy atom. The highest BCUT2D eigenvalue weighted by atomic mass is 16.5. The van der Waals surface area contributed by atoms with Crippen LogP contribution in [-0.2, 0) is 0 Å². The summed E-state index contributed by atoms with van der Waals surface area (Å²) >= 11 is 0. The Bertz CT molecular complexity index is 438. The summed E-state index contributed by atoms with van der Waals surface area (Å²) in [6.07, 6.45) is 1.62. The van der Waals surface area contributed by atoms with Gasteiger partial charge in [-0.15, -0.1) is 0 Å². The van der Waals surface area contributed by atoms with E-state index in [-0.39, 0.29) is 0 Å². The van der Waals surface area contributed by atoms with Crippen LogP contribution in [0.1, 0.15) is 5.82 Å². The van der Waals surface area contributed by atoms with Gasteiger partial charge < -0.3 is 4.74 Å². The fourth-order valence-electron chi connectivity index (χ4n) is 1.10. The monoisotopic (exact) mass is 190 g/mol. The van der Waals surface area contributed by atoms with Gasteiger partial charge in [-0.2, -0.15) is 10.1 Å². The van der Waals surface area contributed by atoms with Crippen LogP contribution in [0, 0.1) is 6.92 Å². The second-order valence-electron chi connectivity index (χ2n) is 2.77. The van der Waals surface area contributed by atoms with Gasteiger partial charge in [-0.1, -0.05) is 6.07 Å². The van der Waals surface area contributed by atoms with Crippen LogP contribution in [0.25, 0.3) is 5.82 Å². The Morgan fingerprint density at radius 3 is 2.86 bits per heavy atom. The second-order valence-corrected chi connectivity index (χ2v) is 2.77. The Hall–Kier alpha value is -1.91. The summed E-state index contributed by atoms with van der Waals surface area (Å²) in [5.41, 5.74) is 0. The maximum Gasteiger partial charge on any atom is 0.214 e. The van der Waals surface area contributed by atoms with Gasteiger partial charge in [0.05, 0.1) is 7.11 Å². The van der Waals surface area contributed by atoms with E-state index in [1.165, 1.54) is 0 Å². The molecule has 2 aromatic rings. The maximum atomic E-state index is 5.01. The van der Waals surface area contributed by atoms with Crippen molar-refractivity contribution in [1.29, 1.82) is 0 Å². The molecule has 5 nitrogen and oxygen atoms in total. The Labute approximate surface area is 81.4 Å². The number of ether oxygens (including phenoxy) is 1. The number of hydrogen-bond donors (Lipinski definition) is 0. The van der Waals surface area contributed by atoms with Gasteiger partial charge in [0.1, 0.15) is 12.2 Å².